The Hall–Kier alpha value is -2.12. The van der Waals surface area contributed by atoms with Gasteiger partial charge in [0.15, 0.2) is 5.72 Å². The van der Waals surface area contributed by atoms with Crippen molar-refractivity contribution in [2.75, 3.05) is 19.2 Å². The normalized spacial score (nSPS) is 21.6. The predicted molar refractivity (Wildman–Crippen MR) is 70.0 cm³/mol. The van der Waals surface area contributed by atoms with Gasteiger partial charge in [-0.25, -0.2) is 9.78 Å². The van der Waals surface area contributed by atoms with Crippen molar-refractivity contribution in [3.05, 3.63) is 35.8 Å². The maximum atomic E-state index is 11.1. The third-order valence-electron chi connectivity index (χ3n) is 2.76. The number of hydrogen-bond acceptors (Lipinski definition) is 6. The highest BCUT2D eigenvalue weighted by Gasteiger charge is 2.34. The van der Waals surface area contributed by atoms with Gasteiger partial charge in [0.05, 0.1) is 6.20 Å². The molecule has 0 radical (unpaired) electrons. The number of ether oxygens (including phenoxy) is 2. The van der Waals surface area contributed by atoms with Gasteiger partial charge in [-0.2, -0.15) is 0 Å². The quantitative estimate of drug-likeness (QED) is 0.765. The Bertz CT molecular complexity index is 549. The van der Waals surface area contributed by atoms with Gasteiger partial charge in [-0.1, -0.05) is 12.2 Å². The molecule has 1 aromatic rings. The molecule has 7 heteroatoms. The fourth-order valence-electron chi connectivity index (χ4n) is 1.85. The SMILES string of the molecule is COCOC1(Nc2ncc(C)o2)C=CC=C(C(=O)O)C1. The highest BCUT2D eigenvalue weighted by atomic mass is 16.7. The van der Waals surface area contributed by atoms with E-state index in [9.17, 15) is 4.79 Å². The van der Waals surface area contributed by atoms with Crippen LogP contribution in [0.5, 0.6) is 0 Å². The monoisotopic (exact) mass is 280 g/mol. The number of nitrogens with one attached hydrogen (secondary N) is 1. The molecule has 0 aliphatic heterocycles. The van der Waals surface area contributed by atoms with Crippen LogP contribution in [0.4, 0.5) is 6.01 Å². The van der Waals surface area contributed by atoms with E-state index in [0.717, 1.165) is 0 Å². The molecule has 1 aromatic heterocycles. The molecule has 0 bridgehead atoms. The van der Waals surface area contributed by atoms with Crippen LogP contribution in [0.1, 0.15) is 12.2 Å². The zero-order valence-corrected chi connectivity index (χ0v) is 11.3. The molecule has 1 unspecified atom stereocenters. The van der Waals surface area contributed by atoms with Crippen molar-refractivity contribution in [1.82, 2.24) is 4.98 Å². The van der Waals surface area contributed by atoms with Crippen LogP contribution in [-0.4, -0.2) is 35.7 Å². The lowest BCUT2D eigenvalue weighted by Gasteiger charge is -2.32. The Labute approximate surface area is 115 Å². The van der Waals surface area contributed by atoms with E-state index in [1.165, 1.54) is 13.2 Å². The lowest BCUT2D eigenvalue weighted by Crippen LogP contribution is -2.42. The van der Waals surface area contributed by atoms with Gasteiger partial charge in [-0.15, -0.1) is 0 Å². The van der Waals surface area contributed by atoms with Crippen LogP contribution in [-0.2, 0) is 14.3 Å². The average molecular weight is 280 g/mol. The van der Waals surface area contributed by atoms with Crippen LogP contribution in [0.2, 0.25) is 0 Å². The molecule has 1 heterocycles. The minimum Gasteiger partial charge on any atom is -0.478 e. The van der Waals surface area contributed by atoms with Gasteiger partial charge in [-0.3, -0.25) is 0 Å². The number of aromatic nitrogens is 1. The topological polar surface area (TPSA) is 93.8 Å². The smallest absolute Gasteiger partial charge is 0.331 e. The van der Waals surface area contributed by atoms with Gasteiger partial charge < -0.3 is 24.3 Å². The molecule has 1 atom stereocenters. The molecule has 7 nitrogen and oxygen atoms in total. The summed E-state index contributed by atoms with van der Waals surface area (Å²) in [5, 5.41) is 12.1. The Morgan fingerprint density at radius 2 is 2.45 bits per heavy atom. The molecule has 0 fully saturated rings. The Kier molecular flexibility index (Phi) is 4.21. The second kappa shape index (κ2) is 5.89. The summed E-state index contributed by atoms with van der Waals surface area (Å²) in [6, 6.07) is 0.259. The standard InChI is InChI=1S/C13H16N2O5/c1-9-7-14-12(20-9)15-13(19-8-18-2)5-3-4-10(6-13)11(16)17/h3-5,7H,6,8H2,1-2H3,(H,14,15)(H,16,17). The first-order valence-electron chi connectivity index (χ1n) is 6.00. The highest BCUT2D eigenvalue weighted by molar-refractivity contribution is 5.87. The lowest BCUT2D eigenvalue weighted by molar-refractivity contribution is -0.134. The molecule has 0 aromatic carbocycles. The van der Waals surface area contributed by atoms with Crippen LogP contribution in [0.25, 0.3) is 0 Å². The summed E-state index contributed by atoms with van der Waals surface area (Å²) < 4.78 is 15.8. The maximum absolute atomic E-state index is 11.1. The molecule has 1 aliphatic rings. The number of hydrogen-bond donors (Lipinski definition) is 2. The van der Waals surface area contributed by atoms with Crippen molar-refractivity contribution in [3.8, 4) is 0 Å². The summed E-state index contributed by atoms with van der Waals surface area (Å²) in [6.45, 7) is 1.77. The third kappa shape index (κ3) is 3.25. The molecule has 0 saturated carbocycles. The summed E-state index contributed by atoms with van der Waals surface area (Å²) >= 11 is 0. The summed E-state index contributed by atoms with van der Waals surface area (Å²) in [5.74, 6) is -0.353. The molecule has 0 amide bonds. The average Bonchev–Trinajstić information content (AvgIpc) is 2.82. The van der Waals surface area contributed by atoms with Gasteiger partial charge >= 0.3 is 5.97 Å². The summed E-state index contributed by atoms with van der Waals surface area (Å²) in [4.78, 5) is 15.2. The number of rotatable bonds is 6. The van der Waals surface area contributed by atoms with Crippen LogP contribution >= 0.6 is 0 Å². The summed E-state index contributed by atoms with van der Waals surface area (Å²) in [7, 11) is 1.49. The van der Waals surface area contributed by atoms with Crippen molar-refractivity contribution < 1.29 is 23.8 Å². The van der Waals surface area contributed by atoms with Gasteiger partial charge in [0, 0.05) is 19.1 Å². The maximum Gasteiger partial charge on any atom is 0.331 e. The number of methoxy groups -OCH3 is 1. The van der Waals surface area contributed by atoms with Crippen molar-refractivity contribution in [1.29, 1.82) is 0 Å². The number of anilines is 1. The number of aryl methyl sites for hydroxylation is 1. The molecule has 0 saturated heterocycles. The van der Waals surface area contributed by atoms with E-state index >= 15 is 0 Å². The first kappa shape index (κ1) is 14.3. The first-order chi connectivity index (χ1) is 9.54. The zero-order chi connectivity index (χ0) is 14.6. The fourth-order valence-corrected chi connectivity index (χ4v) is 1.85. The Morgan fingerprint density at radius 1 is 1.65 bits per heavy atom. The second-order valence-corrected chi connectivity index (χ2v) is 4.37. The van der Waals surface area contributed by atoms with Crippen LogP contribution in [0.15, 0.2) is 34.4 Å². The van der Waals surface area contributed by atoms with Crippen molar-refractivity contribution in [3.63, 3.8) is 0 Å². The lowest BCUT2D eigenvalue weighted by atomic mass is 9.97. The van der Waals surface area contributed by atoms with Crippen molar-refractivity contribution in [2.24, 2.45) is 0 Å². The number of aliphatic carboxylic acids is 1. The van der Waals surface area contributed by atoms with Crippen molar-refractivity contribution in [2.45, 2.75) is 19.1 Å². The molecule has 20 heavy (non-hydrogen) atoms. The summed E-state index contributed by atoms with van der Waals surface area (Å²) in [5.41, 5.74) is -0.838. The van der Waals surface area contributed by atoms with E-state index in [1.54, 1.807) is 25.3 Å². The summed E-state index contributed by atoms with van der Waals surface area (Å²) in [6.07, 6.45) is 6.54. The number of carboxylic acids is 1. The predicted octanol–water partition coefficient (Wildman–Crippen LogP) is 1.68. The molecule has 2 rings (SSSR count). The van der Waals surface area contributed by atoms with Crippen LogP contribution < -0.4 is 5.32 Å². The fraction of sp³-hybridized carbons (Fsp3) is 0.385. The van der Waals surface area contributed by atoms with E-state index < -0.39 is 11.7 Å². The van der Waals surface area contributed by atoms with Gasteiger partial charge in [0.25, 0.3) is 6.01 Å². The van der Waals surface area contributed by atoms with E-state index in [0.29, 0.717) is 5.76 Å². The minimum atomic E-state index is -1.06. The van der Waals surface area contributed by atoms with E-state index in [-0.39, 0.29) is 24.8 Å². The van der Waals surface area contributed by atoms with Gasteiger partial charge in [0.2, 0.25) is 0 Å². The zero-order valence-electron chi connectivity index (χ0n) is 11.3. The van der Waals surface area contributed by atoms with E-state index in [4.69, 9.17) is 19.0 Å². The molecule has 1 aliphatic carbocycles. The first-order valence-corrected chi connectivity index (χ1v) is 6.00. The van der Waals surface area contributed by atoms with E-state index in [1.807, 2.05) is 0 Å². The highest BCUT2D eigenvalue weighted by Crippen LogP contribution is 2.29. The van der Waals surface area contributed by atoms with Crippen LogP contribution in [0, 0.1) is 6.92 Å². The molecule has 2 N–H and O–H groups in total. The number of carboxylic acid groups (broad SMARTS) is 1. The van der Waals surface area contributed by atoms with Gasteiger partial charge in [0.1, 0.15) is 12.6 Å². The Morgan fingerprint density at radius 3 is 3.05 bits per heavy atom. The molecular formula is C13H16N2O5. The number of nitrogens with zero attached hydrogens (tertiary/aromatic N) is 1. The minimum absolute atomic E-state index is 0.00390. The van der Waals surface area contributed by atoms with Crippen molar-refractivity contribution >= 4 is 12.0 Å². The number of carbonyl (C=O) groups is 1. The second-order valence-electron chi connectivity index (χ2n) is 4.37. The van der Waals surface area contributed by atoms with Crippen LogP contribution in [0.3, 0.4) is 0 Å². The number of oxazole rings is 1. The third-order valence-corrected chi connectivity index (χ3v) is 2.76. The molecular weight excluding hydrogens is 264 g/mol. The molecule has 0 spiro atoms. The molecule has 108 valence electrons. The van der Waals surface area contributed by atoms with Gasteiger partial charge in [-0.05, 0) is 13.0 Å². The largest absolute Gasteiger partial charge is 0.478 e. The van der Waals surface area contributed by atoms with E-state index in [2.05, 4.69) is 10.3 Å². The Balaban J connectivity index is 2.20. The number of allylic oxidation sites excluding steroid dienone is 2.